The first-order chi connectivity index (χ1) is 16.5. The van der Waals surface area contributed by atoms with Crippen LogP contribution in [0.15, 0.2) is 47.3 Å². The maximum absolute atomic E-state index is 13.4. The van der Waals surface area contributed by atoms with Gasteiger partial charge in [0.2, 0.25) is 0 Å². The van der Waals surface area contributed by atoms with Crippen molar-refractivity contribution in [2.24, 2.45) is 0 Å². The molecule has 0 unspecified atom stereocenters. The largest absolute Gasteiger partial charge is 0.490 e. The zero-order valence-corrected chi connectivity index (χ0v) is 22.1. The van der Waals surface area contributed by atoms with Gasteiger partial charge in [0.05, 0.1) is 16.8 Å². The van der Waals surface area contributed by atoms with Crippen LogP contribution >= 0.6 is 22.6 Å². The minimum absolute atomic E-state index is 0.138. The molecule has 0 aromatic heterocycles. The van der Waals surface area contributed by atoms with Crippen LogP contribution in [0.4, 0.5) is 0 Å². The van der Waals surface area contributed by atoms with E-state index in [9.17, 15) is 9.59 Å². The zero-order chi connectivity index (χ0) is 24.2. The van der Waals surface area contributed by atoms with E-state index in [0.717, 1.165) is 57.4 Å². The van der Waals surface area contributed by atoms with E-state index in [0.29, 0.717) is 50.7 Å². The fraction of sp³-hybridized carbons (Fsp3) is 0.481. The molecule has 1 aromatic carbocycles. The molecule has 34 heavy (non-hydrogen) atoms. The van der Waals surface area contributed by atoms with Gasteiger partial charge < -0.3 is 19.1 Å². The van der Waals surface area contributed by atoms with Crippen LogP contribution in [0.25, 0.3) is 0 Å². The number of ketones is 2. The van der Waals surface area contributed by atoms with E-state index >= 15 is 0 Å². The number of benzene rings is 1. The summed E-state index contributed by atoms with van der Waals surface area (Å²) in [6.45, 7) is 7.72. The molecule has 1 heterocycles. The summed E-state index contributed by atoms with van der Waals surface area (Å²) in [7, 11) is 1.68. The van der Waals surface area contributed by atoms with Gasteiger partial charge >= 0.3 is 0 Å². The first kappa shape index (κ1) is 25.0. The minimum atomic E-state index is -0.370. The van der Waals surface area contributed by atoms with Crippen LogP contribution in [0.1, 0.15) is 56.9 Å². The molecule has 0 bridgehead atoms. The molecule has 0 N–H and O–H groups in total. The number of methoxy groups -OCH3 is 1. The molecule has 7 heteroatoms. The van der Waals surface area contributed by atoms with E-state index in [1.165, 1.54) is 0 Å². The molecule has 0 spiro atoms. The monoisotopic (exact) mass is 577 g/mol. The minimum Gasteiger partial charge on any atom is -0.490 e. The van der Waals surface area contributed by atoms with Gasteiger partial charge in [-0.3, -0.25) is 9.59 Å². The van der Waals surface area contributed by atoms with Crippen molar-refractivity contribution in [2.75, 3.05) is 33.5 Å². The van der Waals surface area contributed by atoms with Crippen molar-refractivity contribution >= 4 is 34.2 Å². The Hall–Kier alpha value is -2.13. The molecule has 0 amide bonds. The van der Waals surface area contributed by atoms with Crippen molar-refractivity contribution in [3.05, 3.63) is 56.5 Å². The Kier molecular flexibility index (Phi) is 8.14. The van der Waals surface area contributed by atoms with E-state index in [2.05, 4.69) is 34.1 Å². The molecule has 0 saturated carbocycles. The van der Waals surface area contributed by atoms with Crippen LogP contribution in [0.5, 0.6) is 11.5 Å². The Morgan fingerprint density at radius 2 is 1.71 bits per heavy atom. The molecule has 2 aliphatic carbocycles. The molecule has 182 valence electrons. The average Bonchev–Trinajstić information content (AvgIpc) is 2.82. The maximum atomic E-state index is 13.4. The molecule has 1 aromatic rings. The molecule has 0 radical (unpaired) electrons. The number of carbonyl (C=O) groups is 2. The number of carbonyl (C=O) groups excluding carboxylic acids is 2. The predicted octanol–water partition coefficient (Wildman–Crippen LogP) is 5.31. The van der Waals surface area contributed by atoms with Crippen LogP contribution in [0.3, 0.4) is 0 Å². The molecule has 1 aliphatic heterocycles. The van der Waals surface area contributed by atoms with Crippen molar-refractivity contribution < 1.29 is 23.8 Å². The summed E-state index contributed by atoms with van der Waals surface area (Å²) in [5, 5.41) is 0. The standard InChI is InChI=1S/C27H32INO5/c1-4-13-34-27-18(28)15-17(16-23(27)33-5-2)24-25-19(8-6-10-21(25)30)29(12-14-32-3)20-9-7-11-22(31)26(20)24/h4,15-16,24H,1,5-14H2,2-3H3. The zero-order valence-electron chi connectivity index (χ0n) is 20.0. The smallest absolute Gasteiger partial charge is 0.174 e. The second kappa shape index (κ2) is 11.1. The van der Waals surface area contributed by atoms with Gasteiger partial charge in [0.15, 0.2) is 23.1 Å². The molecule has 3 aliphatic rings. The summed E-state index contributed by atoms with van der Waals surface area (Å²) < 4.78 is 18.1. The van der Waals surface area contributed by atoms with E-state index in [1.807, 2.05) is 19.1 Å². The maximum Gasteiger partial charge on any atom is 0.174 e. The lowest BCUT2D eigenvalue weighted by molar-refractivity contribution is -0.117. The van der Waals surface area contributed by atoms with Gasteiger partial charge in [-0.15, -0.1) is 0 Å². The Labute approximate surface area is 215 Å². The van der Waals surface area contributed by atoms with Crippen molar-refractivity contribution in [2.45, 2.75) is 51.4 Å². The lowest BCUT2D eigenvalue weighted by Crippen LogP contribution is -2.40. The van der Waals surface area contributed by atoms with E-state index in [4.69, 9.17) is 14.2 Å². The predicted molar refractivity (Wildman–Crippen MR) is 139 cm³/mol. The Bertz CT molecular complexity index is 1010. The van der Waals surface area contributed by atoms with Crippen LogP contribution in [0, 0.1) is 3.57 Å². The summed E-state index contributed by atoms with van der Waals surface area (Å²) in [5.74, 6) is 1.20. The molecule has 0 saturated heterocycles. The van der Waals surface area contributed by atoms with Crippen LogP contribution < -0.4 is 9.47 Å². The van der Waals surface area contributed by atoms with Gasteiger partial charge in [0.25, 0.3) is 0 Å². The second-order valence-electron chi connectivity index (χ2n) is 8.71. The first-order valence-corrected chi connectivity index (χ1v) is 13.1. The highest BCUT2D eigenvalue weighted by molar-refractivity contribution is 14.1. The van der Waals surface area contributed by atoms with Crippen LogP contribution in [-0.2, 0) is 14.3 Å². The third-order valence-electron chi connectivity index (χ3n) is 6.62. The highest BCUT2D eigenvalue weighted by Gasteiger charge is 2.43. The fourth-order valence-corrected chi connectivity index (χ4v) is 6.08. The molecule has 6 nitrogen and oxygen atoms in total. The summed E-state index contributed by atoms with van der Waals surface area (Å²) in [4.78, 5) is 29.0. The third-order valence-corrected chi connectivity index (χ3v) is 7.42. The number of Topliss-reactive ketones (excluding diaryl/α,β-unsaturated/α-hetero) is 2. The lowest BCUT2D eigenvalue weighted by atomic mass is 9.71. The molecular formula is C27H32INO5. The van der Waals surface area contributed by atoms with Crippen LogP contribution in [-0.4, -0.2) is 49.9 Å². The molecular weight excluding hydrogens is 545 g/mol. The van der Waals surface area contributed by atoms with Gasteiger partial charge in [-0.2, -0.15) is 0 Å². The SMILES string of the molecule is C=CCOc1c(I)cc(C2C3=C(CCCC3=O)N(CCOC)C3=C2C(=O)CCC3)cc1OCC. The number of ether oxygens (including phenoxy) is 3. The number of hydrogen-bond donors (Lipinski definition) is 0. The highest BCUT2D eigenvalue weighted by atomic mass is 127. The van der Waals surface area contributed by atoms with Crippen molar-refractivity contribution in [1.82, 2.24) is 4.90 Å². The number of halogens is 1. The van der Waals surface area contributed by atoms with Crippen LogP contribution in [0.2, 0.25) is 0 Å². The topological polar surface area (TPSA) is 65.1 Å². The van der Waals surface area contributed by atoms with Crippen molar-refractivity contribution in [3.8, 4) is 11.5 Å². The molecule has 0 atom stereocenters. The van der Waals surface area contributed by atoms with Gasteiger partial charge in [-0.1, -0.05) is 12.7 Å². The van der Waals surface area contributed by atoms with Crippen molar-refractivity contribution in [3.63, 3.8) is 0 Å². The number of nitrogens with zero attached hydrogens (tertiary/aromatic N) is 1. The normalized spacial score (nSPS) is 18.7. The molecule has 0 fully saturated rings. The average molecular weight is 577 g/mol. The fourth-order valence-electron chi connectivity index (χ4n) is 5.30. The third kappa shape index (κ3) is 4.69. The number of rotatable bonds is 9. The molecule has 4 rings (SSSR count). The Balaban J connectivity index is 1.91. The van der Waals surface area contributed by atoms with Crippen molar-refractivity contribution in [1.29, 1.82) is 0 Å². The highest BCUT2D eigenvalue weighted by Crippen LogP contribution is 2.50. The van der Waals surface area contributed by atoms with E-state index in [-0.39, 0.29) is 17.5 Å². The van der Waals surface area contributed by atoms with Gasteiger partial charge in [-0.25, -0.2) is 0 Å². The summed E-state index contributed by atoms with van der Waals surface area (Å²) >= 11 is 2.25. The second-order valence-corrected chi connectivity index (χ2v) is 9.88. The van der Waals surface area contributed by atoms with Gasteiger partial charge in [0, 0.05) is 55.0 Å². The lowest BCUT2D eigenvalue weighted by Gasteiger charge is -2.44. The van der Waals surface area contributed by atoms with Gasteiger partial charge in [0.1, 0.15) is 6.61 Å². The summed E-state index contributed by atoms with van der Waals surface area (Å²) in [6.07, 6.45) is 6.07. The Morgan fingerprint density at radius 1 is 1.06 bits per heavy atom. The van der Waals surface area contributed by atoms with E-state index in [1.54, 1.807) is 13.2 Å². The quantitative estimate of drug-likeness (QED) is 0.293. The Morgan fingerprint density at radius 3 is 2.26 bits per heavy atom. The number of hydrogen-bond acceptors (Lipinski definition) is 6. The number of allylic oxidation sites excluding steroid dienone is 4. The summed E-state index contributed by atoms with van der Waals surface area (Å²) in [6, 6.07) is 3.99. The first-order valence-electron chi connectivity index (χ1n) is 12.0. The van der Waals surface area contributed by atoms with E-state index < -0.39 is 0 Å². The van der Waals surface area contributed by atoms with Gasteiger partial charge in [-0.05, 0) is 72.9 Å². The summed E-state index contributed by atoms with van der Waals surface area (Å²) in [5.41, 5.74) is 4.58.